The molecule has 0 radical (unpaired) electrons. The summed E-state index contributed by atoms with van der Waals surface area (Å²) in [4.78, 5) is 18.3. The maximum Gasteiger partial charge on any atom is 0.209 e. The van der Waals surface area contributed by atoms with Crippen LogP contribution >= 0.6 is 0 Å². The number of para-hydroxylation sites is 2. The van der Waals surface area contributed by atoms with E-state index in [2.05, 4.69) is 29.8 Å². The number of benzene rings is 2. The van der Waals surface area contributed by atoms with Gasteiger partial charge in [-0.05, 0) is 48.6 Å². The Hall–Kier alpha value is -3.28. The van der Waals surface area contributed by atoms with Crippen molar-refractivity contribution < 1.29 is 14.3 Å². The fourth-order valence-electron chi connectivity index (χ4n) is 4.87. The molecule has 0 bridgehead atoms. The van der Waals surface area contributed by atoms with Crippen LogP contribution in [0.2, 0.25) is 0 Å². The Morgan fingerprint density at radius 3 is 2.74 bits per heavy atom. The van der Waals surface area contributed by atoms with Crippen LogP contribution in [0.1, 0.15) is 45.2 Å². The minimum atomic E-state index is -0.271. The number of carbonyl (C=O) groups is 1. The molecule has 5 rings (SSSR count). The van der Waals surface area contributed by atoms with Gasteiger partial charge in [-0.1, -0.05) is 32.0 Å². The van der Waals surface area contributed by atoms with Gasteiger partial charge in [0.15, 0.2) is 17.3 Å². The quantitative estimate of drug-likeness (QED) is 0.640. The number of hydrogen-bond donors (Lipinski definition) is 1. The molecule has 31 heavy (non-hydrogen) atoms. The number of allylic oxidation sites excluding steroid dienone is 2. The van der Waals surface area contributed by atoms with Crippen molar-refractivity contribution in [2.75, 3.05) is 19.0 Å². The average molecular weight is 418 g/mol. The molecule has 160 valence electrons. The Labute approximate surface area is 181 Å². The number of nitrogens with zero attached hydrogens (tertiary/aromatic N) is 2. The lowest BCUT2D eigenvalue weighted by molar-refractivity contribution is -0.118. The third kappa shape index (κ3) is 3.17. The molecule has 2 aromatic carbocycles. The highest BCUT2D eigenvalue weighted by molar-refractivity contribution is 6.01. The molecule has 6 heteroatoms. The van der Waals surface area contributed by atoms with Crippen LogP contribution in [-0.2, 0) is 4.79 Å². The molecule has 0 fully saturated rings. The van der Waals surface area contributed by atoms with E-state index in [0.717, 1.165) is 40.2 Å². The van der Waals surface area contributed by atoms with E-state index in [1.54, 1.807) is 7.11 Å². The standard InChI is InChI=1S/C25H27N3O3/c1-5-31-20-11-10-15(12-21(20)30-4)23-22-17(13-25(2,3)14-19(22)29)27-24-26-16-8-6-7-9-18(16)28(23)24/h6-12,23H,5,13-14H2,1-4H3,(H,26,27)/t23-/m1/s1. The zero-order valence-electron chi connectivity index (χ0n) is 18.4. The second-order valence-corrected chi connectivity index (χ2v) is 9.00. The van der Waals surface area contributed by atoms with Crippen LogP contribution in [0.3, 0.4) is 0 Å². The van der Waals surface area contributed by atoms with Gasteiger partial charge in [-0.3, -0.25) is 9.36 Å². The van der Waals surface area contributed by atoms with Crippen LogP contribution in [0.25, 0.3) is 11.0 Å². The summed E-state index contributed by atoms with van der Waals surface area (Å²) in [6.45, 7) is 6.79. The maximum atomic E-state index is 13.4. The molecule has 1 N–H and O–H groups in total. The molecule has 0 saturated carbocycles. The number of anilines is 1. The van der Waals surface area contributed by atoms with Crippen molar-refractivity contribution in [3.63, 3.8) is 0 Å². The minimum absolute atomic E-state index is 0.0852. The third-order valence-corrected chi connectivity index (χ3v) is 6.11. The largest absolute Gasteiger partial charge is 0.493 e. The Morgan fingerprint density at radius 2 is 1.97 bits per heavy atom. The first kappa shape index (κ1) is 19.7. The van der Waals surface area contributed by atoms with Crippen LogP contribution < -0.4 is 14.8 Å². The van der Waals surface area contributed by atoms with Crippen LogP contribution in [0, 0.1) is 5.41 Å². The summed E-state index contributed by atoms with van der Waals surface area (Å²) in [5, 5.41) is 3.49. The zero-order valence-corrected chi connectivity index (χ0v) is 18.4. The average Bonchev–Trinajstić information content (AvgIpc) is 3.10. The molecular weight excluding hydrogens is 390 g/mol. The smallest absolute Gasteiger partial charge is 0.209 e. The van der Waals surface area contributed by atoms with E-state index in [9.17, 15) is 4.79 Å². The van der Waals surface area contributed by atoms with Crippen molar-refractivity contribution in [1.82, 2.24) is 9.55 Å². The van der Waals surface area contributed by atoms with E-state index < -0.39 is 0 Å². The Bertz CT molecular complexity index is 1220. The number of methoxy groups -OCH3 is 1. The van der Waals surface area contributed by atoms with Crippen LogP contribution in [-0.4, -0.2) is 29.1 Å². The first-order valence-corrected chi connectivity index (χ1v) is 10.7. The lowest BCUT2D eigenvalue weighted by Gasteiger charge is -2.39. The lowest BCUT2D eigenvalue weighted by Crippen LogP contribution is -2.36. The highest BCUT2D eigenvalue weighted by Crippen LogP contribution is 2.47. The van der Waals surface area contributed by atoms with Crippen molar-refractivity contribution in [3.05, 3.63) is 59.3 Å². The summed E-state index contributed by atoms with van der Waals surface area (Å²) in [5.74, 6) is 2.31. The van der Waals surface area contributed by atoms with Gasteiger partial charge < -0.3 is 14.8 Å². The van der Waals surface area contributed by atoms with Gasteiger partial charge in [0.25, 0.3) is 0 Å². The summed E-state index contributed by atoms with van der Waals surface area (Å²) >= 11 is 0. The normalized spacial score (nSPS) is 19.6. The molecule has 1 aliphatic heterocycles. The summed E-state index contributed by atoms with van der Waals surface area (Å²) < 4.78 is 13.5. The van der Waals surface area contributed by atoms with Gasteiger partial charge in [-0.2, -0.15) is 0 Å². The van der Waals surface area contributed by atoms with E-state index in [1.807, 2.05) is 43.3 Å². The van der Waals surface area contributed by atoms with Crippen molar-refractivity contribution in [3.8, 4) is 11.5 Å². The number of Topliss-reactive ketones (excluding diaryl/α,β-unsaturated/α-hetero) is 1. The van der Waals surface area contributed by atoms with E-state index >= 15 is 0 Å². The summed E-state index contributed by atoms with van der Waals surface area (Å²) in [7, 11) is 1.64. The molecule has 3 aromatic rings. The Morgan fingerprint density at radius 1 is 1.16 bits per heavy atom. The lowest BCUT2D eigenvalue weighted by atomic mass is 9.73. The predicted octanol–water partition coefficient (Wildman–Crippen LogP) is 5.10. The number of carbonyl (C=O) groups excluding carboxylic acids is 1. The molecular formula is C25H27N3O3. The van der Waals surface area contributed by atoms with Crippen LogP contribution in [0.5, 0.6) is 11.5 Å². The minimum Gasteiger partial charge on any atom is -0.493 e. The predicted molar refractivity (Wildman–Crippen MR) is 121 cm³/mol. The van der Waals surface area contributed by atoms with Crippen LogP contribution in [0.4, 0.5) is 5.95 Å². The summed E-state index contributed by atoms with van der Waals surface area (Å²) in [6.07, 6.45) is 1.34. The molecule has 1 aliphatic carbocycles. The van der Waals surface area contributed by atoms with Crippen molar-refractivity contribution in [2.24, 2.45) is 5.41 Å². The van der Waals surface area contributed by atoms with Gasteiger partial charge >= 0.3 is 0 Å². The topological polar surface area (TPSA) is 65.4 Å². The van der Waals surface area contributed by atoms with Crippen molar-refractivity contribution in [2.45, 2.75) is 39.7 Å². The second-order valence-electron chi connectivity index (χ2n) is 9.00. The first-order valence-electron chi connectivity index (χ1n) is 10.7. The number of imidazole rings is 1. The number of nitrogens with one attached hydrogen (secondary N) is 1. The van der Waals surface area contributed by atoms with E-state index in [4.69, 9.17) is 14.5 Å². The van der Waals surface area contributed by atoms with Gasteiger partial charge in [0.05, 0.1) is 30.8 Å². The summed E-state index contributed by atoms with van der Waals surface area (Å²) in [6, 6.07) is 13.7. The van der Waals surface area contributed by atoms with Crippen LogP contribution in [0.15, 0.2) is 53.7 Å². The molecule has 0 saturated heterocycles. The van der Waals surface area contributed by atoms with Gasteiger partial charge in [0, 0.05) is 17.7 Å². The highest BCUT2D eigenvalue weighted by Gasteiger charge is 2.41. The van der Waals surface area contributed by atoms with E-state index in [-0.39, 0.29) is 17.2 Å². The number of fused-ring (bicyclic) bond motifs is 3. The van der Waals surface area contributed by atoms with Gasteiger partial charge in [-0.25, -0.2) is 4.98 Å². The fraction of sp³-hybridized carbons (Fsp3) is 0.360. The number of rotatable bonds is 4. The molecule has 1 aromatic heterocycles. The molecule has 6 nitrogen and oxygen atoms in total. The Kier molecular flexibility index (Phi) is 4.54. The zero-order chi connectivity index (χ0) is 21.8. The number of ether oxygens (including phenoxy) is 2. The first-order chi connectivity index (χ1) is 14.9. The number of hydrogen-bond acceptors (Lipinski definition) is 5. The SMILES string of the molecule is CCOc1ccc([C@@H]2C3=C(CC(C)(C)CC3=O)Nc3nc4ccccc4n32)cc1OC. The fourth-order valence-corrected chi connectivity index (χ4v) is 4.87. The summed E-state index contributed by atoms with van der Waals surface area (Å²) in [5.41, 5.74) is 4.58. The van der Waals surface area contributed by atoms with Gasteiger partial charge in [-0.15, -0.1) is 0 Å². The van der Waals surface area contributed by atoms with Gasteiger partial charge in [0.2, 0.25) is 5.95 Å². The molecule has 1 atom stereocenters. The third-order valence-electron chi connectivity index (χ3n) is 6.11. The van der Waals surface area contributed by atoms with Crippen molar-refractivity contribution >= 4 is 22.8 Å². The number of aromatic nitrogens is 2. The molecule has 2 aliphatic rings. The molecule has 2 heterocycles. The highest BCUT2D eigenvalue weighted by atomic mass is 16.5. The van der Waals surface area contributed by atoms with E-state index in [0.29, 0.717) is 24.5 Å². The van der Waals surface area contributed by atoms with E-state index in [1.165, 1.54) is 0 Å². The molecule has 0 unspecified atom stereocenters. The van der Waals surface area contributed by atoms with Crippen molar-refractivity contribution in [1.29, 1.82) is 0 Å². The number of ketones is 1. The Balaban J connectivity index is 1.75. The maximum absolute atomic E-state index is 13.4. The second kappa shape index (κ2) is 7.15. The van der Waals surface area contributed by atoms with Gasteiger partial charge in [0.1, 0.15) is 0 Å². The molecule has 0 spiro atoms. The monoisotopic (exact) mass is 417 g/mol. The molecule has 0 amide bonds.